The summed E-state index contributed by atoms with van der Waals surface area (Å²) in [6.07, 6.45) is 1.81. The van der Waals surface area contributed by atoms with E-state index in [2.05, 4.69) is 35.3 Å². The minimum atomic E-state index is 0.261. The van der Waals surface area contributed by atoms with Crippen LogP contribution < -0.4 is 5.73 Å². The van der Waals surface area contributed by atoms with E-state index in [0.29, 0.717) is 12.6 Å². The third-order valence-corrected chi connectivity index (χ3v) is 2.79. The zero-order valence-corrected chi connectivity index (χ0v) is 10.0. The summed E-state index contributed by atoms with van der Waals surface area (Å²) in [6, 6.07) is 4.26. The smallest absolute Gasteiger partial charge is 0.160 e. The Morgan fingerprint density at radius 1 is 1.38 bits per heavy atom. The Morgan fingerprint density at radius 3 is 2.75 bits per heavy atom. The third-order valence-electron chi connectivity index (χ3n) is 2.79. The molecule has 0 saturated carbocycles. The standard InChI is InChI=1S/C12H18N4/c1-8(2)16-11(9(3)7-13)15-10-5-4-6-14-12(10)16/h4-6,8-9H,7,13H2,1-3H3. The lowest BCUT2D eigenvalue weighted by Gasteiger charge is -2.15. The first-order valence-corrected chi connectivity index (χ1v) is 5.68. The quantitative estimate of drug-likeness (QED) is 0.858. The monoisotopic (exact) mass is 218 g/mol. The Bertz CT molecular complexity index is 487. The molecule has 0 bridgehead atoms. The summed E-state index contributed by atoms with van der Waals surface area (Å²) in [4.78, 5) is 9.02. The van der Waals surface area contributed by atoms with Crippen LogP contribution in [-0.4, -0.2) is 21.1 Å². The van der Waals surface area contributed by atoms with Gasteiger partial charge in [0.05, 0.1) is 0 Å². The average Bonchev–Trinajstić information content (AvgIpc) is 2.67. The van der Waals surface area contributed by atoms with Gasteiger partial charge in [0.25, 0.3) is 0 Å². The Morgan fingerprint density at radius 2 is 2.12 bits per heavy atom. The fourth-order valence-electron chi connectivity index (χ4n) is 1.91. The maximum atomic E-state index is 5.72. The lowest BCUT2D eigenvalue weighted by atomic mass is 10.1. The molecule has 0 saturated heterocycles. The van der Waals surface area contributed by atoms with Crippen LogP contribution in [-0.2, 0) is 0 Å². The fourth-order valence-corrected chi connectivity index (χ4v) is 1.91. The Hall–Kier alpha value is -1.42. The number of rotatable bonds is 3. The number of hydrogen-bond donors (Lipinski definition) is 1. The zero-order valence-electron chi connectivity index (χ0n) is 10.0. The highest BCUT2D eigenvalue weighted by Crippen LogP contribution is 2.23. The molecular weight excluding hydrogens is 200 g/mol. The Labute approximate surface area is 95.5 Å². The van der Waals surface area contributed by atoms with E-state index >= 15 is 0 Å². The predicted octanol–water partition coefficient (Wildman–Crippen LogP) is 2.07. The van der Waals surface area contributed by atoms with Gasteiger partial charge in [-0.15, -0.1) is 0 Å². The molecule has 0 aliphatic carbocycles. The van der Waals surface area contributed by atoms with Gasteiger partial charge >= 0.3 is 0 Å². The van der Waals surface area contributed by atoms with Crippen molar-refractivity contribution >= 4 is 11.2 Å². The molecule has 16 heavy (non-hydrogen) atoms. The highest BCUT2D eigenvalue weighted by molar-refractivity contribution is 5.71. The molecule has 2 heterocycles. The second kappa shape index (κ2) is 4.22. The zero-order chi connectivity index (χ0) is 11.7. The van der Waals surface area contributed by atoms with Gasteiger partial charge in [-0.3, -0.25) is 0 Å². The largest absolute Gasteiger partial charge is 0.330 e. The molecule has 1 unspecified atom stereocenters. The van der Waals surface area contributed by atoms with Crippen LogP contribution in [0.4, 0.5) is 0 Å². The number of nitrogens with zero attached hydrogens (tertiary/aromatic N) is 3. The maximum absolute atomic E-state index is 5.72. The molecule has 86 valence electrons. The fraction of sp³-hybridized carbons (Fsp3) is 0.500. The summed E-state index contributed by atoms with van der Waals surface area (Å²) in [5.41, 5.74) is 7.62. The molecule has 0 amide bonds. The molecular formula is C12H18N4. The van der Waals surface area contributed by atoms with Crippen LogP contribution in [0.1, 0.15) is 38.6 Å². The van der Waals surface area contributed by atoms with Crippen molar-refractivity contribution in [2.75, 3.05) is 6.54 Å². The molecule has 0 spiro atoms. The van der Waals surface area contributed by atoms with E-state index in [1.165, 1.54) is 0 Å². The summed E-state index contributed by atoms with van der Waals surface area (Å²) >= 11 is 0. The van der Waals surface area contributed by atoms with Crippen molar-refractivity contribution in [3.05, 3.63) is 24.2 Å². The maximum Gasteiger partial charge on any atom is 0.160 e. The van der Waals surface area contributed by atoms with Gasteiger partial charge in [0.1, 0.15) is 11.3 Å². The van der Waals surface area contributed by atoms with E-state index < -0.39 is 0 Å². The lowest BCUT2D eigenvalue weighted by molar-refractivity contribution is 0.551. The highest BCUT2D eigenvalue weighted by atomic mass is 15.1. The van der Waals surface area contributed by atoms with Gasteiger partial charge in [-0.05, 0) is 26.0 Å². The van der Waals surface area contributed by atoms with E-state index in [4.69, 9.17) is 5.73 Å². The summed E-state index contributed by atoms with van der Waals surface area (Å²) in [6.45, 7) is 6.99. The van der Waals surface area contributed by atoms with Crippen LogP contribution in [0.25, 0.3) is 11.2 Å². The van der Waals surface area contributed by atoms with Crippen LogP contribution in [0.15, 0.2) is 18.3 Å². The minimum absolute atomic E-state index is 0.261. The summed E-state index contributed by atoms with van der Waals surface area (Å²) in [7, 11) is 0. The number of pyridine rings is 1. The van der Waals surface area contributed by atoms with Crippen molar-refractivity contribution in [1.82, 2.24) is 14.5 Å². The number of hydrogen-bond acceptors (Lipinski definition) is 3. The second-order valence-electron chi connectivity index (χ2n) is 4.42. The molecule has 2 aromatic heterocycles. The topological polar surface area (TPSA) is 56.7 Å². The average molecular weight is 218 g/mol. The van der Waals surface area contributed by atoms with Gasteiger partial charge in [0.15, 0.2) is 5.65 Å². The first kappa shape index (κ1) is 11.1. The van der Waals surface area contributed by atoms with Gasteiger partial charge in [-0.2, -0.15) is 0 Å². The summed E-state index contributed by atoms with van der Waals surface area (Å²) in [5, 5.41) is 0. The molecule has 2 rings (SSSR count). The first-order chi connectivity index (χ1) is 7.65. The number of nitrogens with two attached hydrogens (primary N) is 1. The lowest BCUT2D eigenvalue weighted by Crippen LogP contribution is -2.16. The van der Waals surface area contributed by atoms with Crippen LogP contribution >= 0.6 is 0 Å². The third kappa shape index (κ3) is 1.69. The number of aromatic nitrogens is 3. The minimum Gasteiger partial charge on any atom is -0.330 e. The van der Waals surface area contributed by atoms with Gasteiger partial charge < -0.3 is 10.3 Å². The van der Waals surface area contributed by atoms with E-state index in [1.54, 1.807) is 6.20 Å². The van der Waals surface area contributed by atoms with Crippen molar-refractivity contribution < 1.29 is 0 Å². The van der Waals surface area contributed by atoms with E-state index in [1.807, 2.05) is 12.1 Å². The molecule has 2 aromatic rings. The molecule has 0 radical (unpaired) electrons. The van der Waals surface area contributed by atoms with Crippen molar-refractivity contribution in [3.63, 3.8) is 0 Å². The van der Waals surface area contributed by atoms with Crippen LogP contribution in [0.2, 0.25) is 0 Å². The van der Waals surface area contributed by atoms with E-state index in [9.17, 15) is 0 Å². The van der Waals surface area contributed by atoms with Crippen LogP contribution in [0.5, 0.6) is 0 Å². The SMILES string of the molecule is CC(CN)c1nc2cccnc2n1C(C)C. The highest BCUT2D eigenvalue weighted by Gasteiger charge is 2.17. The van der Waals surface area contributed by atoms with Gasteiger partial charge in [0.2, 0.25) is 0 Å². The molecule has 0 aliphatic heterocycles. The Balaban J connectivity index is 2.68. The van der Waals surface area contributed by atoms with E-state index in [-0.39, 0.29) is 5.92 Å². The molecule has 0 fully saturated rings. The van der Waals surface area contributed by atoms with Crippen LogP contribution in [0, 0.1) is 0 Å². The normalized spacial score (nSPS) is 13.6. The van der Waals surface area contributed by atoms with Crippen LogP contribution in [0.3, 0.4) is 0 Å². The van der Waals surface area contributed by atoms with Crippen molar-refractivity contribution in [3.8, 4) is 0 Å². The van der Waals surface area contributed by atoms with Gasteiger partial charge in [-0.25, -0.2) is 9.97 Å². The number of fused-ring (bicyclic) bond motifs is 1. The Kier molecular flexibility index (Phi) is 2.92. The second-order valence-corrected chi connectivity index (χ2v) is 4.42. The molecule has 1 atom stereocenters. The predicted molar refractivity (Wildman–Crippen MR) is 65.4 cm³/mol. The molecule has 0 aromatic carbocycles. The van der Waals surface area contributed by atoms with E-state index in [0.717, 1.165) is 17.0 Å². The molecule has 2 N–H and O–H groups in total. The molecule has 0 aliphatic rings. The molecule has 4 nitrogen and oxygen atoms in total. The summed E-state index contributed by atoms with van der Waals surface area (Å²) in [5.74, 6) is 1.29. The van der Waals surface area contributed by atoms with Crippen molar-refractivity contribution in [2.45, 2.75) is 32.7 Å². The van der Waals surface area contributed by atoms with Gasteiger partial charge in [-0.1, -0.05) is 6.92 Å². The van der Waals surface area contributed by atoms with Crippen molar-refractivity contribution in [2.24, 2.45) is 5.73 Å². The molecule has 4 heteroatoms. The summed E-state index contributed by atoms with van der Waals surface area (Å²) < 4.78 is 2.17. The number of imidazole rings is 1. The van der Waals surface area contributed by atoms with Crippen molar-refractivity contribution in [1.29, 1.82) is 0 Å². The van der Waals surface area contributed by atoms with Gasteiger partial charge in [0, 0.05) is 24.7 Å². The first-order valence-electron chi connectivity index (χ1n) is 5.68.